The molecule has 0 spiro atoms. The van der Waals surface area contributed by atoms with Gasteiger partial charge in [0, 0.05) is 29.1 Å². The van der Waals surface area contributed by atoms with Crippen LogP contribution in [0.15, 0.2) is 53.4 Å². The summed E-state index contributed by atoms with van der Waals surface area (Å²) in [6.45, 7) is 7.24. The third-order valence-electron chi connectivity index (χ3n) is 6.49. The van der Waals surface area contributed by atoms with Crippen molar-refractivity contribution < 1.29 is 13.2 Å². The summed E-state index contributed by atoms with van der Waals surface area (Å²) in [6.07, 6.45) is 1.92. The molecule has 1 aliphatic heterocycles. The molecule has 1 unspecified atom stereocenters. The Bertz CT molecular complexity index is 1470. The predicted molar refractivity (Wildman–Crippen MR) is 144 cm³/mol. The Hall–Kier alpha value is -2.59. The molecule has 5 rings (SSSR count). The fourth-order valence-electron chi connectivity index (χ4n) is 4.42. The highest BCUT2D eigenvalue weighted by atomic mass is 32.2. The Balaban J connectivity index is 1.39. The van der Waals surface area contributed by atoms with E-state index in [1.165, 1.54) is 23.5 Å². The van der Waals surface area contributed by atoms with Gasteiger partial charge in [-0.25, -0.2) is 13.4 Å². The molecule has 1 amide bonds. The number of sulfonamides is 1. The molecule has 6 nitrogen and oxygen atoms in total. The number of para-hydroxylation sites is 1. The van der Waals surface area contributed by atoms with Gasteiger partial charge >= 0.3 is 0 Å². The summed E-state index contributed by atoms with van der Waals surface area (Å²) in [5.74, 6) is 0.0788. The number of thiazole rings is 1. The molecule has 0 bridgehead atoms. The molecule has 182 valence electrons. The maximum atomic E-state index is 13.1. The highest BCUT2D eigenvalue weighted by Crippen LogP contribution is 2.43. The number of benzene rings is 2. The number of amides is 1. The minimum Gasteiger partial charge on any atom is -0.313 e. The summed E-state index contributed by atoms with van der Waals surface area (Å²) in [4.78, 5) is 19.2. The number of nitrogens with zero attached hydrogens (tertiary/aromatic N) is 2. The van der Waals surface area contributed by atoms with Crippen molar-refractivity contribution in [3.8, 4) is 10.6 Å². The zero-order chi connectivity index (χ0) is 24.7. The molecule has 2 aromatic carbocycles. The molecular weight excluding hydrogens is 499 g/mol. The number of hydrogen-bond donors (Lipinski definition) is 1. The van der Waals surface area contributed by atoms with Gasteiger partial charge in [0.05, 0.1) is 15.1 Å². The maximum absolute atomic E-state index is 13.1. The summed E-state index contributed by atoms with van der Waals surface area (Å²) in [5, 5.41) is 4.67. The van der Waals surface area contributed by atoms with E-state index in [4.69, 9.17) is 4.98 Å². The van der Waals surface area contributed by atoms with E-state index in [9.17, 15) is 13.2 Å². The number of aryl methyl sites for hydroxylation is 1. The number of fused-ring (bicyclic) bond motifs is 1. The van der Waals surface area contributed by atoms with Crippen LogP contribution < -0.4 is 5.32 Å². The fraction of sp³-hybridized carbons (Fsp3) is 0.308. The van der Waals surface area contributed by atoms with Crippen LogP contribution in [0, 0.1) is 19.8 Å². The smallest absolute Gasteiger partial charge is 0.256 e. The summed E-state index contributed by atoms with van der Waals surface area (Å²) >= 11 is 3.13. The van der Waals surface area contributed by atoms with E-state index in [-0.39, 0.29) is 10.8 Å². The normalized spacial score (nSPS) is 17.1. The van der Waals surface area contributed by atoms with Gasteiger partial charge in [-0.05, 0) is 74.6 Å². The van der Waals surface area contributed by atoms with E-state index >= 15 is 0 Å². The van der Waals surface area contributed by atoms with Gasteiger partial charge in [0.1, 0.15) is 10.0 Å². The molecule has 1 atom stereocenters. The van der Waals surface area contributed by atoms with Crippen molar-refractivity contribution in [2.45, 2.75) is 38.5 Å². The van der Waals surface area contributed by atoms with Crippen LogP contribution in [0.1, 0.15) is 40.6 Å². The van der Waals surface area contributed by atoms with Gasteiger partial charge in [-0.15, -0.1) is 22.7 Å². The Labute approximate surface area is 213 Å². The fourth-order valence-corrected chi connectivity index (χ4v) is 8.21. The number of aromatic nitrogens is 1. The first kappa shape index (κ1) is 24.1. The lowest BCUT2D eigenvalue weighted by atomic mass is 10.0. The minimum absolute atomic E-state index is 0.223. The number of anilines is 1. The molecule has 1 N–H and O–H groups in total. The second kappa shape index (κ2) is 9.46. The van der Waals surface area contributed by atoms with Gasteiger partial charge < -0.3 is 5.32 Å². The van der Waals surface area contributed by atoms with Gasteiger partial charge in [0.25, 0.3) is 5.91 Å². The van der Waals surface area contributed by atoms with Crippen molar-refractivity contribution in [2.75, 3.05) is 18.4 Å². The summed E-state index contributed by atoms with van der Waals surface area (Å²) in [6, 6.07) is 14.2. The summed E-state index contributed by atoms with van der Waals surface area (Å²) in [5.41, 5.74) is 3.39. The zero-order valence-electron chi connectivity index (χ0n) is 19.9. The average Bonchev–Trinajstić information content (AvgIpc) is 3.39. The van der Waals surface area contributed by atoms with Crippen LogP contribution in [0.5, 0.6) is 0 Å². The zero-order valence-corrected chi connectivity index (χ0v) is 22.3. The van der Waals surface area contributed by atoms with Crippen LogP contribution in [0.25, 0.3) is 20.8 Å². The van der Waals surface area contributed by atoms with Crippen LogP contribution >= 0.6 is 22.7 Å². The minimum atomic E-state index is -3.56. The molecule has 3 heterocycles. The largest absolute Gasteiger partial charge is 0.313 e. The average molecular weight is 526 g/mol. The van der Waals surface area contributed by atoms with Gasteiger partial charge in [-0.3, -0.25) is 4.79 Å². The molecule has 1 saturated heterocycles. The molecule has 1 aliphatic rings. The second-order valence-corrected chi connectivity index (χ2v) is 13.3. The monoisotopic (exact) mass is 525 g/mol. The maximum Gasteiger partial charge on any atom is 0.256 e. The third-order valence-corrected chi connectivity index (χ3v) is 10.6. The Kier molecular flexibility index (Phi) is 6.52. The summed E-state index contributed by atoms with van der Waals surface area (Å²) < 4.78 is 28.7. The molecule has 9 heteroatoms. The van der Waals surface area contributed by atoms with Crippen molar-refractivity contribution in [1.82, 2.24) is 9.29 Å². The first-order valence-electron chi connectivity index (χ1n) is 11.6. The van der Waals surface area contributed by atoms with Crippen molar-refractivity contribution in [3.05, 3.63) is 64.5 Å². The van der Waals surface area contributed by atoms with Crippen molar-refractivity contribution in [3.63, 3.8) is 0 Å². The molecule has 0 aliphatic carbocycles. The van der Waals surface area contributed by atoms with Crippen molar-refractivity contribution in [2.24, 2.45) is 5.92 Å². The highest BCUT2D eigenvalue weighted by molar-refractivity contribution is 7.89. The first-order valence-corrected chi connectivity index (χ1v) is 14.7. The predicted octanol–water partition coefficient (Wildman–Crippen LogP) is 6.31. The molecule has 4 aromatic rings. The second-order valence-electron chi connectivity index (χ2n) is 9.06. The number of thiophene rings is 1. The topological polar surface area (TPSA) is 79.4 Å². The highest BCUT2D eigenvalue weighted by Gasteiger charge is 2.29. The van der Waals surface area contributed by atoms with Crippen molar-refractivity contribution in [1.29, 1.82) is 0 Å². The van der Waals surface area contributed by atoms with Crippen LogP contribution in [0.3, 0.4) is 0 Å². The molecule has 1 fully saturated rings. The third kappa shape index (κ3) is 4.65. The van der Waals surface area contributed by atoms with Crippen LogP contribution in [-0.4, -0.2) is 36.7 Å². The Morgan fingerprint density at radius 3 is 2.54 bits per heavy atom. The van der Waals surface area contributed by atoms with E-state index in [1.54, 1.807) is 27.8 Å². The number of carbonyl (C=O) groups is 1. The molecule has 0 saturated carbocycles. The number of hydrogen-bond acceptors (Lipinski definition) is 6. The van der Waals surface area contributed by atoms with Crippen LogP contribution in [0.2, 0.25) is 0 Å². The van der Waals surface area contributed by atoms with Gasteiger partial charge in [-0.2, -0.15) is 4.31 Å². The van der Waals surface area contributed by atoms with E-state index in [1.807, 2.05) is 38.1 Å². The standard InChI is InChI=1S/C26H27N3O3S3/c1-16-7-6-14-29(15-16)35(31,32)20-12-10-19(11-13-20)24(30)28-26-23(17(2)18(3)33-26)25-27-21-8-4-5-9-22(21)34-25/h4-5,8-13,16H,6-7,14-15H2,1-3H3,(H,28,30). The number of piperidine rings is 1. The van der Waals surface area contributed by atoms with E-state index in [0.29, 0.717) is 24.6 Å². The molecular formula is C26H27N3O3S3. The molecule has 2 aromatic heterocycles. The lowest BCUT2D eigenvalue weighted by molar-refractivity contribution is 0.102. The van der Waals surface area contributed by atoms with Gasteiger partial charge in [0.15, 0.2) is 0 Å². The molecule has 0 radical (unpaired) electrons. The lowest BCUT2D eigenvalue weighted by Crippen LogP contribution is -2.39. The molecule has 35 heavy (non-hydrogen) atoms. The summed E-state index contributed by atoms with van der Waals surface area (Å²) in [7, 11) is -3.56. The van der Waals surface area contributed by atoms with Crippen LogP contribution in [0.4, 0.5) is 5.00 Å². The Morgan fingerprint density at radius 2 is 1.83 bits per heavy atom. The van der Waals surface area contributed by atoms with E-state index in [0.717, 1.165) is 49.1 Å². The number of nitrogens with one attached hydrogen (secondary N) is 1. The van der Waals surface area contributed by atoms with E-state index in [2.05, 4.69) is 12.2 Å². The van der Waals surface area contributed by atoms with Crippen LogP contribution in [-0.2, 0) is 10.0 Å². The quantitative estimate of drug-likeness (QED) is 0.331. The first-order chi connectivity index (χ1) is 16.7. The number of rotatable bonds is 5. The lowest BCUT2D eigenvalue weighted by Gasteiger charge is -2.30. The van der Waals surface area contributed by atoms with Gasteiger partial charge in [-0.1, -0.05) is 19.1 Å². The number of carbonyl (C=O) groups excluding carboxylic acids is 1. The van der Waals surface area contributed by atoms with E-state index < -0.39 is 10.0 Å². The van der Waals surface area contributed by atoms with Crippen molar-refractivity contribution >= 4 is 53.8 Å². The van der Waals surface area contributed by atoms with Gasteiger partial charge in [0.2, 0.25) is 10.0 Å². The SMILES string of the molecule is Cc1sc(NC(=O)c2ccc(S(=O)(=O)N3CCCC(C)C3)cc2)c(-c2nc3ccccc3s2)c1C. The Morgan fingerprint density at radius 1 is 1.09 bits per heavy atom.